The highest BCUT2D eigenvalue weighted by molar-refractivity contribution is 14.0. The summed E-state index contributed by atoms with van der Waals surface area (Å²) in [6.07, 6.45) is 3.26. The number of aliphatic imine (C=N–C) groups is 1. The van der Waals surface area contributed by atoms with Crippen molar-refractivity contribution in [2.24, 2.45) is 4.99 Å². The lowest BCUT2D eigenvalue weighted by molar-refractivity contribution is 0.297. The molecule has 1 aromatic carbocycles. The molecule has 0 saturated heterocycles. The van der Waals surface area contributed by atoms with Gasteiger partial charge in [0.15, 0.2) is 23.3 Å². The first-order valence-corrected chi connectivity index (χ1v) is 9.53. The molecule has 30 heavy (non-hydrogen) atoms. The molecule has 2 N–H and O–H groups in total. The number of aromatic nitrogens is 2. The van der Waals surface area contributed by atoms with Crippen molar-refractivity contribution in [3.63, 3.8) is 0 Å². The predicted octanol–water partition coefficient (Wildman–Crippen LogP) is 3.55. The molecular weight excluding hydrogens is 501 g/mol. The van der Waals surface area contributed by atoms with Crippen molar-refractivity contribution in [3.8, 4) is 11.5 Å². The molecule has 0 radical (unpaired) electrons. The van der Waals surface area contributed by atoms with Gasteiger partial charge in [-0.15, -0.1) is 24.0 Å². The van der Waals surface area contributed by atoms with Crippen molar-refractivity contribution >= 4 is 35.6 Å². The second-order valence-electron chi connectivity index (χ2n) is 6.49. The fourth-order valence-corrected chi connectivity index (χ4v) is 2.83. The van der Waals surface area contributed by atoms with E-state index in [-0.39, 0.29) is 30.5 Å². The fraction of sp³-hybridized carbons (Fsp3) is 0.350. The largest absolute Gasteiger partial charge is 0.490 e. The lowest BCUT2D eigenvalue weighted by Crippen LogP contribution is -2.32. The smallest absolute Gasteiger partial charge is 0.248 e. The van der Waals surface area contributed by atoms with Crippen molar-refractivity contribution < 1.29 is 18.4 Å². The first-order valence-electron chi connectivity index (χ1n) is 9.53. The third kappa shape index (κ3) is 6.12. The number of nitrogens with one attached hydrogen (secondary N) is 2. The van der Waals surface area contributed by atoms with Gasteiger partial charge in [0, 0.05) is 31.1 Å². The number of rotatable bonds is 6. The van der Waals surface area contributed by atoms with Gasteiger partial charge >= 0.3 is 0 Å². The quantitative estimate of drug-likeness (QED) is 0.286. The molecular formula is C20H24IN5O4. The average Bonchev–Trinajstić information content (AvgIpc) is 3.32. The van der Waals surface area contributed by atoms with Crippen LogP contribution in [0.3, 0.4) is 0 Å². The summed E-state index contributed by atoms with van der Waals surface area (Å²) in [5.74, 6) is 3.99. The van der Waals surface area contributed by atoms with E-state index >= 15 is 0 Å². The fourth-order valence-electron chi connectivity index (χ4n) is 2.83. The van der Waals surface area contributed by atoms with E-state index in [0.717, 1.165) is 35.8 Å². The standard InChI is InChI=1S/C20H23N5O4.HI/c1-14-23-19(29-25-14)13-22-20(21-8-7-16-4-2-9-26-16)24-15-5-6-17-18(12-15)28-11-3-10-27-17;/h2,4-6,9,12H,3,7-8,10-11,13H2,1H3,(H2,21,22,24);1H. The zero-order valence-corrected chi connectivity index (χ0v) is 18.9. The van der Waals surface area contributed by atoms with Crippen molar-refractivity contribution in [1.82, 2.24) is 15.5 Å². The van der Waals surface area contributed by atoms with Gasteiger partial charge in [-0.3, -0.25) is 0 Å². The number of anilines is 1. The van der Waals surface area contributed by atoms with Crippen LogP contribution in [0.2, 0.25) is 0 Å². The van der Waals surface area contributed by atoms with Crippen molar-refractivity contribution in [2.75, 3.05) is 25.1 Å². The molecule has 0 bridgehead atoms. The summed E-state index contributed by atoms with van der Waals surface area (Å²) in [6, 6.07) is 9.54. The van der Waals surface area contributed by atoms with E-state index in [0.29, 0.717) is 37.4 Å². The van der Waals surface area contributed by atoms with E-state index in [1.54, 1.807) is 13.2 Å². The van der Waals surface area contributed by atoms with E-state index in [4.69, 9.17) is 18.4 Å². The molecule has 3 heterocycles. The van der Waals surface area contributed by atoms with Gasteiger partial charge in [0.2, 0.25) is 5.89 Å². The number of halogens is 1. The second kappa shape index (κ2) is 10.9. The molecule has 0 aliphatic carbocycles. The normalized spacial score (nSPS) is 13.3. The minimum atomic E-state index is 0. The van der Waals surface area contributed by atoms with Crippen LogP contribution < -0.4 is 20.1 Å². The first-order chi connectivity index (χ1) is 14.3. The number of hydrogen-bond donors (Lipinski definition) is 2. The van der Waals surface area contributed by atoms with E-state index in [1.807, 2.05) is 30.3 Å². The van der Waals surface area contributed by atoms with Gasteiger partial charge in [0.25, 0.3) is 0 Å². The molecule has 10 heteroatoms. The van der Waals surface area contributed by atoms with Crippen molar-refractivity contribution in [1.29, 1.82) is 0 Å². The summed E-state index contributed by atoms with van der Waals surface area (Å²) in [5, 5.41) is 10.4. The lowest BCUT2D eigenvalue weighted by Gasteiger charge is -2.14. The molecule has 9 nitrogen and oxygen atoms in total. The van der Waals surface area contributed by atoms with Crippen LogP contribution in [-0.4, -0.2) is 35.9 Å². The molecule has 160 valence electrons. The van der Waals surface area contributed by atoms with Gasteiger partial charge in [-0.1, -0.05) is 5.16 Å². The van der Waals surface area contributed by atoms with Crippen LogP contribution in [0, 0.1) is 6.92 Å². The number of hydrogen-bond acceptors (Lipinski definition) is 7. The third-order valence-electron chi connectivity index (χ3n) is 4.20. The van der Waals surface area contributed by atoms with Crippen LogP contribution in [0.5, 0.6) is 11.5 Å². The Labute approximate surface area is 191 Å². The van der Waals surface area contributed by atoms with E-state index < -0.39 is 0 Å². The molecule has 0 unspecified atom stereocenters. The SMILES string of the molecule is Cc1noc(CN=C(NCCc2ccco2)Nc2ccc3c(c2)OCCCO3)n1.I. The number of nitrogens with zero attached hydrogens (tertiary/aromatic N) is 3. The first kappa shape index (κ1) is 21.9. The minimum absolute atomic E-state index is 0. The Hall–Kier alpha value is -2.76. The van der Waals surface area contributed by atoms with Crippen LogP contribution in [-0.2, 0) is 13.0 Å². The average molecular weight is 525 g/mol. The zero-order chi connectivity index (χ0) is 19.9. The highest BCUT2D eigenvalue weighted by Crippen LogP contribution is 2.32. The zero-order valence-electron chi connectivity index (χ0n) is 16.6. The summed E-state index contributed by atoms with van der Waals surface area (Å²) in [5.41, 5.74) is 0.834. The van der Waals surface area contributed by atoms with E-state index in [1.165, 1.54) is 0 Å². The second-order valence-corrected chi connectivity index (χ2v) is 6.49. The molecule has 0 atom stereocenters. The molecule has 0 spiro atoms. The van der Waals surface area contributed by atoms with Crippen molar-refractivity contribution in [3.05, 3.63) is 54.1 Å². The van der Waals surface area contributed by atoms with Crippen LogP contribution in [0.15, 0.2) is 50.5 Å². The number of aryl methyl sites for hydroxylation is 1. The Morgan fingerprint density at radius 1 is 1.17 bits per heavy atom. The summed E-state index contributed by atoms with van der Waals surface area (Å²) in [4.78, 5) is 8.73. The van der Waals surface area contributed by atoms with Crippen LogP contribution in [0.4, 0.5) is 5.69 Å². The summed E-state index contributed by atoms with van der Waals surface area (Å²) in [6.45, 7) is 3.98. The molecule has 0 saturated carbocycles. The Balaban J connectivity index is 0.00000256. The van der Waals surface area contributed by atoms with Gasteiger partial charge in [-0.2, -0.15) is 4.98 Å². The minimum Gasteiger partial charge on any atom is -0.490 e. The molecule has 0 fully saturated rings. The van der Waals surface area contributed by atoms with Crippen LogP contribution in [0.25, 0.3) is 0 Å². The van der Waals surface area contributed by atoms with Gasteiger partial charge in [-0.05, 0) is 31.2 Å². The van der Waals surface area contributed by atoms with E-state index in [2.05, 4.69) is 25.8 Å². The monoisotopic (exact) mass is 525 g/mol. The van der Waals surface area contributed by atoms with Gasteiger partial charge in [-0.25, -0.2) is 4.99 Å². The van der Waals surface area contributed by atoms with Gasteiger partial charge < -0.3 is 29.0 Å². The summed E-state index contributed by atoms with van der Waals surface area (Å²) in [7, 11) is 0. The number of furan rings is 1. The highest BCUT2D eigenvalue weighted by Gasteiger charge is 2.12. The summed E-state index contributed by atoms with van der Waals surface area (Å²) >= 11 is 0. The molecule has 3 aromatic rings. The number of guanidine groups is 1. The molecule has 2 aromatic heterocycles. The molecule has 4 rings (SSSR count). The number of ether oxygens (including phenoxy) is 2. The number of fused-ring (bicyclic) bond motifs is 1. The highest BCUT2D eigenvalue weighted by atomic mass is 127. The maximum atomic E-state index is 5.76. The Morgan fingerprint density at radius 3 is 2.80 bits per heavy atom. The van der Waals surface area contributed by atoms with Gasteiger partial charge in [0.1, 0.15) is 12.3 Å². The Bertz CT molecular complexity index is 958. The van der Waals surface area contributed by atoms with Crippen LogP contribution in [0.1, 0.15) is 23.9 Å². The molecule has 1 aliphatic rings. The summed E-state index contributed by atoms with van der Waals surface area (Å²) < 4.78 is 22.0. The number of benzene rings is 1. The predicted molar refractivity (Wildman–Crippen MR) is 122 cm³/mol. The van der Waals surface area contributed by atoms with E-state index in [9.17, 15) is 0 Å². The lowest BCUT2D eigenvalue weighted by atomic mass is 10.2. The molecule has 0 amide bonds. The molecule has 1 aliphatic heterocycles. The topological polar surface area (TPSA) is 107 Å². The maximum Gasteiger partial charge on any atom is 0.248 e. The maximum absolute atomic E-state index is 5.76. The Morgan fingerprint density at radius 2 is 2.03 bits per heavy atom. The van der Waals surface area contributed by atoms with Crippen LogP contribution >= 0.6 is 24.0 Å². The van der Waals surface area contributed by atoms with Gasteiger partial charge in [0.05, 0.1) is 19.5 Å². The third-order valence-corrected chi connectivity index (χ3v) is 4.20. The Kier molecular flexibility index (Phi) is 7.94. The van der Waals surface area contributed by atoms with Crippen molar-refractivity contribution in [2.45, 2.75) is 26.3 Å².